The average Bonchev–Trinajstić information content (AvgIpc) is 3.28. The molecule has 0 bridgehead atoms. The first-order chi connectivity index (χ1) is 10.7. The molecule has 0 spiro atoms. The predicted molar refractivity (Wildman–Crippen MR) is 84.2 cm³/mol. The van der Waals surface area contributed by atoms with Crippen molar-refractivity contribution in [3.8, 4) is 11.4 Å². The second kappa shape index (κ2) is 6.58. The van der Waals surface area contributed by atoms with Gasteiger partial charge in [-0.2, -0.15) is 4.98 Å². The minimum atomic E-state index is -0.242. The van der Waals surface area contributed by atoms with Gasteiger partial charge in [-0.05, 0) is 37.8 Å². The van der Waals surface area contributed by atoms with Gasteiger partial charge in [0, 0.05) is 12.1 Å². The molecule has 0 aliphatic heterocycles. The van der Waals surface area contributed by atoms with Crippen LogP contribution in [-0.2, 0) is 13.0 Å². The van der Waals surface area contributed by atoms with E-state index in [9.17, 15) is 5.11 Å². The van der Waals surface area contributed by atoms with Gasteiger partial charge in [0.15, 0.2) is 0 Å². The van der Waals surface area contributed by atoms with Crippen molar-refractivity contribution in [2.75, 3.05) is 13.6 Å². The molecule has 0 radical (unpaired) electrons. The maximum Gasteiger partial charge on any atom is 0.241 e. The lowest BCUT2D eigenvalue weighted by atomic mass is 10.1. The van der Waals surface area contributed by atoms with E-state index in [-0.39, 0.29) is 6.10 Å². The first-order valence-electron chi connectivity index (χ1n) is 7.94. The molecule has 1 N–H and O–H groups in total. The SMILES string of the molecule is CCc1ccc(-c2noc(CN(C)CC(O)C3CC3)n2)cc1. The van der Waals surface area contributed by atoms with Crippen molar-refractivity contribution in [2.24, 2.45) is 5.92 Å². The molecule has 1 aliphatic carbocycles. The van der Waals surface area contributed by atoms with E-state index in [0.717, 1.165) is 24.8 Å². The van der Waals surface area contributed by atoms with Crippen LogP contribution in [-0.4, -0.2) is 39.8 Å². The highest BCUT2D eigenvalue weighted by Crippen LogP contribution is 2.32. The number of hydrogen-bond donors (Lipinski definition) is 1. The van der Waals surface area contributed by atoms with Crippen LogP contribution in [0.2, 0.25) is 0 Å². The summed E-state index contributed by atoms with van der Waals surface area (Å²) in [5.74, 6) is 1.69. The number of aryl methyl sites for hydroxylation is 1. The molecular formula is C17H23N3O2. The van der Waals surface area contributed by atoms with Crippen LogP contribution < -0.4 is 0 Å². The van der Waals surface area contributed by atoms with Crippen molar-refractivity contribution in [1.82, 2.24) is 15.0 Å². The molecule has 22 heavy (non-hydrogen) atoms. The van der Waals surface area contributed by atoms with Crippen molar-refractivity contribution in [3.63, 3.8) is 0 Å². The van der Waals surface area contributed by atoms with Crippen molar-refractivity contribution in [3.05, 3.63) is 35.7 Å². The number of nitrogens with zero attached hydrogens (tertiary/aromatic N) is 3. The molecule has 3 rings (SSSR count). The quantitative estimate of drug-likeness (QED) is 0.851. The van der Waals surface area contributed by atoms with E-state index in [1.165, 1.54) is 5.56 Å². The van der Waals surface area contributed by atoms with Gasteiger partial charge in [0.1, 0.15) is 0 Å². The van der Waals surface area contributed by atoms with E-state index in [1.807, 2.05) is 24.1 Å². The Balaban J connectivity index is 1.60. The maximum atomic E-state index is 9.96. The third kappa shape index (κ3) is 3.72. The Bertz CT molecular complexity index is 605. The molecule has 118 valence electrons. The molecule has 1 unspecified atom stereocenters. The lowest BCUT2D eigenvalue weighted by molar-refractivity contribution is 0.0992. The summed E-state index contributed by atoms with van der Waals surface area (Å²) >= 11 is 0. The van der Waals surface area contributed by atoms with Crippen molar-refractivity contribution >= 4 is 0 Å². The first-order valence-corrected chi connectivity index (χ1v) is 7.94. The second-order valence-corrected chi connectivity index (χ2v) is 6.16. The summed E-state index contributed by atoms with van der Waals surface area (Å²) in [7, 11) is 1.96. The topological polar surface area (TPSA) is 62.4 Å². The summed E-state index contributed by atoms with van der Waals surface area (Å²) in [6.07, 6.45) is 3.07. The van der Waals surface area contributed by atoms with E-state index in [4.69, 9.17) is 4.52 Å². The summed E-state index contributed by atoms with van der Waals surface area (Å²) in [6, 6.07) is 8.22. The van der Waals surface area contributed by atoms with Gasteiger partial charge in [-0.1, -0.05) is 36.3 Å². The minimum absolute atomic E-state index is 0.242. The Morgan fingerprint density at radius 3 is 2.68 bits per heavy atom. The van der Waals surface area contributed by atoms with Gasteiger partial charge in [-0.15, -0.1) is 0 Å². The number of hydrogen-bond acceptors (Lipinski definition) is 5. The minimum Gasteiger partial charge on any atom is -0.392 e. The summed E-state index contributed by atoms with van der Waals surface area (Å²) in [4.78, 5) is 6.47. The third-order valence-electron chi connectivity index (χ3n) is 4.16. The molecule has 1 aromatic heterocycles. The van der Waals surface area contributed by atoms with Gasteiger partial charge < -0.3 is 9.63 Å². The second-order valence-electron chi connectivity index (χ2n) is 6.16. The number of likely N-dealkylation sites (N-methyl/N-ethyl adjacent to an activating group) is 1. The summed E-state index contributed by atoms with van der Waals surface area (Å²) in [6.45, 7) is 3.34. The van der Waals surface area contributed by atoms with Crippen LogP contribution in [0.1, 0.15) is 31.2 Å². The van der Waals surface area contributed by atoms with Crippen molar-refractivity contribution in [1.29, 1.82) is 0 Å². The van der Waals surface area contributed by atoms with E-state index < -0.39 is 0 Å². The fourth-order valence-electron chi connectivity index (χ4n) is 2.57. The molecule has 2 aromatic rings. The highest BCUT2D eigenvalue weighted by Gasteiger charge is 2.30. The zero-order chi connectivity index (χ0) is 15.5. The lowest BCUT2D eigenvalue weighted by Crippen LogP contribution is -2.30. The van der Waals surface area contributed by atoms with Crippen LogP contribution in [0.15, 0.2) is 28.8 Å². The lowest BCUT2D eigenvalue weighted by Gasteiger charge is -2.18. The summed E-state index contributed by atoms with van der Waals surface area (Å²) in [5.41, 5.74) is 2.26. The smallest absolute Gasteiger partial charge is 0.241 e. The zero-order valence-corrected chi connectivity index (χ0v) is 13.2. The Hall–Kier alpha value is -1.72. The molecule has 1 heterocycles. The molecule has 5 heteroatoms. The van der Waals surface area contributed by atoms with E-state index in [2.05, 4.69) is 29.2 Å². The largest absolute Gasteiger partial charge is 0.392 e. The van der Waals surface area contributed by atoms with Crippen LogP contribution in [0.3, 0.4) is 0 Å². The number of aliphatic hydroxyl groups excluding tert-OH is 1. The highest BCUT2D eigenvalue weighted by molar-refractivity contribution is 5.54. The third-order valence-corrected chi connectivity index (χ3v) is 4.16. The maximum absolute atomic E-state index is 9.96. The molecule has 1 atom stereocenters. The van der Waals surface area contributed by atoms with E-state index in [1.54, 1.807) is 0 Å². The summed E-state index contributed by atoms with van der Waals surface area (Å²) < 4.78 is 5.32. The fraction of sp³-hybridized carbons (Fsp3) is 0.529. The van der Waals surface area contributed by atoms with Gasteiger partial charge in [0.05, 0.1) is 12.6 Å². The normalized spacial score (nSPS) is 16.2. The Kier molecular flexibility index (Phi) is 4.55. The molecule has 0 saturated heterocycles. The Labute approximate surface area is 131 Å². The van der Waals surface area contributed by atoms with Gasteiger partial charge >= 0.3 is 0 Å². The Morgan fingerprint density at radius 1 is 1.32 bits per heavy atom. The highest BCUT2D eigenvalue weighted by atomic mass is 16.5. The van der Waals surface area contributed by atoms with Gasteiger partial charge in [0.2, 0.25) is 11.7 Å². The van der Waals surface area contributed by atoms with Crippen molar-refractivity contribution in [2.45, 2.75) is 38.8 Å². The van der Waals surface area contributed by atoms with E-state index in [0.29, 0.717) is 30.7 Å². The molecule has 0 amide bonds. The molecule has 1 saturated carbocycles. The molecule has 1 fully saturated rings. The van der Waals surface area contributed by atoms with Gasteiger partial charge in [0.25, 0.3) is 0 Å². The van der Waals surface area contributed by atoms with Crippen LogP contribution in [0.4, 0.5) is 0 Å². The zero-order valence-electron chi connectivity index (χ0n) is 13.2. The van der Waals surface area contributed by atoms with Crippen LogP contribution >= 0.6 is 0 Å². The average molecular weight is 301 g/mol. The standard InChI is InChI=1S/C17H23N3O2/c1-3-12-4-6-14(7-5-12)17-18-16(22-19-17)11-20(2)10-15(21)13-8-9-13/h4-7,13,15,21H,3,8-11H2,1-2H3. The molecule has 1 aliphatic rings. The van der Waals surface area contributed by atoms with Crippen molar-refractivity contribution < 1.29 is 9.63 Å². The molecule has 1 aromatic carbocycles. The van der Waals surface area contributed by atoms with E-state index >= 15 is 0 Å². The van der Waals surface area contributed by atoms with Crippen LogP contribution in [0, 0.1) is 5.92 Å². The monoisotopic (exact) mass is 301 g/mol. The first kappa shape index (κ1) is 15.2. The fourth-order valence-corrected chi connectivity index (χ4v) is 2.57. The van der Waals surface area contributed by atoms with Crippen LogP contribution in [0.25, 0.3) is 11.4 Å². The molecular weight excluding hydrogens is 278 g/mol. The number of rotatable bonds is 7. The Morgan fingerprint density at radius 2 is 2.05 bits per heavy atom. The number of aromatic nitrogens is 2. The predicted octanol–water partition coefficient (Wildman–Crippen LogP) is 2.50. The van der Waals surface area contributed by atoms with Crippen LogP contribution in [0.5, 0.6) is 0 Å². The van der Waals surface area contributed by atoms with Gasteiger partial charge in [-0.3, -0.25) is 4.90 Å². The molecule has 5 nitrogen and oxygen atoms in total. The summed E-state index contributed by atoms with van der Waals surface area (Å²) in [5, 5.41) is 14.0. The number of aliphatic hydroxyl groups is 1. The van der Waals surface area contributed by atoms with Gasteiger partial charge in [-0.25, -0.2) is 0 Å². The number of benzene rings is 1.